The van der Waals surface area contributed by atoms with Crippen molar-refractivity contribution in [3.05, 3.63) is 0 Å². The van der Waals surface area contributed by atoms with E-state index in [-0.39, 0.29) is 0 Å². The summed E-state index contributed by atoms with van der Waals surface area (Å²) in [6.07, 6.45) is 0. The second-order valence-corrected chi connectivity index (χ2v) is 8.07. The van der Waals surface area contributed by atoms with Gasteiger partial charge in [0, 0.05) is 0 Å². The average Bonchev–Trinajstić information content (AvgIpc) is 2.22. The van der Waals surface area contributed by atoms with Gasteiger partial charge in [-0.15, -0.1) is 0 Å². The van der Waals surface area contributed by atoms with Crippen LogP contribution < -0.4 is 0 Å². The Morgan fingerprint density at radius 1 is 0.522 bits per heavy atom. The molecule has 0 aliphatic carbocycles. The van der Waals surface area contributed by atoms with E-state index >= 15 is 0 Å². The summed E-state index contributed by atoms with van der Waals surface area (Å²) in [7, 11) is -23.0. The summed E-state index contributed by atoms with van der Waals surface area (Å²) in [5.74, 6) is -7.81. The van der Waals surface area contributed by atoms with Gasteiger partial charge in [0.15, 0.2) is 0 Å². The van der Waals surface area contributed by atoms with Crippen molar-refractivity contribution in [2.75, 3.05) is 0 Å². The van der Waals surface area contributed by atoms with Crippen LogP contribution in [-0.2, 0) is 30.4 Å². The van der Waals surface area contributed by atoms with Gasteiger partial charge in [-0.05, 0) is 0 Å². The Balaban J connectivity index is 7.22. The van der Waals surface area contributed by atoms with Gasteiger partial charge in [-0.25, -0.2) is 4.39 Å². The zero-order chi connectivity index (χ0) is 19.5. The van der Waals surface area contributed by atoms with Crippen molar-refractivity contribution >= 4 is 30.4 Å². The summed E-state index contributed by atoms with van der Waals surface area (Å²) in [5.41, 5.74) is 0. The van der Waals surface area contributed by atoms with Crippen LogP contribution in [0.5, 0.6) is 0 Å². The van der Waals surface area contributed by atoms with Crippen molar-refractivity contribution in [1.82, 2.24) is 0 Å². The molecule has 0 aliphatic heterocycles. The van der Waals surface area contributed by atoms with Crippen molar-refractivity contribution < 1.29 is 69.6 Å². The SMILES string of the molecule is O=S(=O)(O)C(F)(F)C(F)(F)C(F)(C(F)(F)S(=O)(=O)O)S(=O)(=O)O. The molecule has 3 N–H and O–H groups in total. The summed E-state index contributed by atoms with van der Waals surface area (Å²) in [4.78, 5) is 0. The monoisotopic (exact) mass is 424 g/mol. The van der Waals surface area contributed by atoms with Crippen molar-refractivity contribution in [2.24, 2.45) is 0 Å². The van der Waals surface area contributed by atoms with E-state index in [1.807, 2.05) is 0 Å². The summed E-state index contributed by atoms with van der Waals surface area (Å²) in [6, 6.07) is 0. The molecular formula is C4H3F7O9S3. The first-order valence-electron chi connectivity index (χ1n) is 4.23. The van der Waals surface area contributed by atoms with Crippen LogP contribution >= 0.6 is 0 Å². The van der Waals surface area contributed by atoms with Gasteiger partial charge in [-0.2, -0.15) is 51.6 Å². The lowest BCUT2D eigenvalue weighted by Crippen LogP contribution is -2.71. The Morgan fingerprint density at radius 3 is 0.957 bits per heavy atom. The van der Waals surface area contributed by atoms with Crippen molar-refractivity contribution in [2.45, 2.75) is 21.4 Å². The van der Waals surface area contributed by atoms with Gasteiger partial charge < -0.3 is 0 Å². The highest BCUT2D eigenvalue weighted by molar-refractivity contribution is 7.91. The molecule has 1 atom stereocenters. The third-order valence-electron chi connectivity index (χ3n) is 2.15. The first-order valence-corrected chi connectivity index (χ1v) is 8.55. The fraction of sp³-hybridized carbons (Fsp3) is 1.00. The topological polar surface area (TPSA) is 163 Å². The maximum absolute atomic E-state index is 13.6. The Hall–Kier alpha value is -0.760. The van der Waals surface area contributed by atoms with Crippen LogP contribution in [0.2, 0.25) is 0 Å². The molecule has 0 aliphatic rings. The Morgan fingerprint density at radius 2 is 0.783 bits per heavy atom. The molecule has 0 amide bonds. The number of hydrogen-bond acceptors (Lipinski definition) is 6. The van der Waals surface area contributed by atoms with Crippen LogP contribution in [0.25, 0.3) is 0 Å². The molecule has 0 saturated carbocycles. The second-order valence-electron chi connectivity index (χ2n) is 3.63. The molecule has 19 heteroatoms. The molecule has 9 nitrogen and oxygen atoms in total. The van der Waals surface area contributed by atoms with Crippen LogP contribution in [0.3, 0.4) is 0 Å². The molecule has 0 fully saturated rings. The van der Waals surface area contributed by atoms with Crippen molar-refractivity contribution in [3.8, 4) is 0 Å². The lowest BCUT2D eigenvalue weighted by atomic mass is 10.2. The molecule has 0 aromatic carbocycles. The highest BCUT2D eigenvalue weighted by atomic mass is 32.2. The molecule has 140 valence electrons. The average molecular weight is 424 g/mol. The molecule has 0 radical (unpaired) electrons. The quantitative estimate of drug-likeness (QED) is 0.397. The van der Waals surface area contributed by atoms with E-state index in [1.165, 1.54) is 0 Å². The lowest BCUT2D eigenvalue weighted by molar-refractivity contribution is -0.249. The zero-order valence-corrected chi connectivity index (χ0v) is 12.1. The Labute approximate surface area is 122 Å². The van der Waals surface area contributed by atoms with E-state index in [1.54, 1.807) is 0 Å². The largest absolute Gasteiger partial charge is 0.436 e. The van der Waals surface area contributed by atoms with E-state index in [9.17, 15) is 56.0 Å². The molecule has 0 bridgehead atoms. The minimum atomic E-state index is -7.87. The standard InChI is InChI=1S/C4H3F7O9S3/c5-1(6,3(8,9)22(15,16)17)2(7,21(12,13)14)4(10,11)23(18,19)20/h(H,12,13,14)(H,15,16,17)(H,18,19,20). The summed E-state index contributed by atoms with van der Waals surface area (Å²) >= 11 is 0. The summed E-state index contributed by atoms with van der Waals surface area (Å²) in [5, 5.41) is -22.4. The van der Waals surface area contributed by atoms with Gasteiger partial charge in [0.1, 0.15) is 0 Å². The number of alkyl halides is 7. The Kier molecular flexibility index (Phi) is 4.95. The van der Waals surface area contributed by atoms with Crippen molar-refractivity contribution in [3.63, 3.8) is 0 Å². The van der Waals surface area contributed by atoms with Gasteiger partial charge in [0.2, 0.25) is 0 Å². The molecule has 0 aromatic heterocycles. The third-order valence-corrected chi connectivity index (χ3v) is 5.33. The normalized spacial score (nSPS) is 18.5. The first kappa shape index (κ1) is 22.2. The molecule has 0 aromatic rings. The van der Waals surface area contributed by atoms with Gasteiger partial charge in [0.05, 0.1) is 0 Å². The van der Waals surface area contributed by atoms with E-state index < -0.39 is 51.8 Å². The third kappa shape index (κ3) is 2.77. The number of halogens is 7. The molecule has 0 heterocycles. The maximum atomic E-state index is 13.6. The van der Waals surface area contributed by atoms with Gasteiger partial charge in [-0.3, -0.25) is 13.7 Å². The highest BCUT2D eigenvalue weighted by Gasteiger charge is 2.91. The van der Waals surface area contributed by atoms with Crippen LogP contribution in [0.4, 0.5) is 30.7 Å². The first-order chi connectivity index (χ1) is 9.50. The zero-order valence-electron chi connectivity index (χ0n) is 9.66. The molecule has 0 saturated heterocycles. The van der Waals surface area contributed by atoms with E-state index in [4.69, 9.17) is 13.7 Å². The second kappa shape index (κ2) is 5.12. The molecule has 23 heavy (non-hydrogen) atoms. The summed E-state index contributed by atoms with van der Waals surface area (Å²) in [6.45, 7) is 0. The summed E-state index contributed by atoms with van der Waals surface area (Å²) < 4.78 is 177. The van der Waals surface area contributed by atoms with Gasteiger partial charge >= 0.3 is 51.8 Å². The molecular weight excluding hydrogens is 421 g/mol. The van der Waals surface area contributed by atoms with E-state index in [0.717, 1.165) is 0 Å². The fourth-order valence-electron chi connectivity index (χ4n) is 1.01. The number of hydrogen-bond donors (Lipinski definition) is 3. The van der Waals surface area contributed by atoms with E-state index in [2.05, 4.69) is 0 Å². The fourth-order valence-corrected chi connectivity index (χ4v) is 3.38. The highest BCUT2D eigenvalue weighted by Crippen LogP contribution is 2.56. The smallest absolute Gasteiger partial charge is 0.283 e. The number of rotatable bonds is 6. The molecule has 0 rings (SSSR count). The van der Waals surface area contributed by atoms with Crippen LogP contribution in [0.1, 0.15) is 0 Å². The maximum Gasteiger partial charge on any atom is 0.436 e. The predicted molar refractivity (Wildman–Crippen MR) is 53.3 cm³/mol. The predicted octanol–water partition coefficient (Wildman–Crippen LogP) is 0.137. The minimum Gasteiger partial charge on any atom is -0.283 e. The van der Waals surface area contributed by atoms with Crippen LogP contribution in [-0.4, -0.2) is 60.3 Å². The van der Waals surface area contributed by atoms with Gasteiger partial charge in [0.25, 0.3) is 0 Å². The minimum absolute atomic E-state index is 7.38. The van der Waals surface area contributed by atoms with Crippen LogP contribution in [0, 0.1) is 0 Å². The molecule has 0 spiro atoms. The lowest BCUT2D eigenvalue weighted by Gasteiger charge is -2.36. The van der Waals surface area contributed by atoms with Gasteiger partial charge in [-0.1, -0.05) is 0 Å². The van der Waals surface area contributed by atoms with Crippen LogP contribution in [0.15, 0.2) is 0 Å². The van der Waals surface area contributed by atoms with E-state index in [0.29, 0.717) is 0 Å². The van der Waals surface area contributed by atoms with Crippen molar-refractivity contribution in [1.29, 1.82) is 0 Å². The molecule has 1 unspecified atom stereocenters. The Bertz CT molecular complexity index is 796.